The summed E-state index contributed by atoms with van der Waals surface area (Å²) < 4.78 is 0. The SMILES string of the molecule is O=C(O)CC(O)C(=O)O.O=C([O-])C(O)C(O)C(=O)[O-].[Ca+2]. The van der Waals surface area contributed by atoms with Crippen molar-refractivity contribution >= 4 is 61.6 Å². The van der Waals surface area contributed by atoms with E-state index in [1.165, 1.54) is 0 Å². The molecule has 11 nitrogen and oxygen atoms in total. The minimum Gasteiger partial charge on any atom is -0.547 e. The summed E-state index contributed by atoms with van der Waals surface area (Å²) in [5, 5.41) is 59.9. The number of carboxylic acids is 4. The molecule has 0 aromatic rings. The van der Waals surface area contributed by atoms with Crippen molar-refractivity contribution in [1.82, 2.24) is 0 Å². The molecular weight excluding hydrogens is 312 g/mol. The molecule has 20 heavy (non-hydrogen) atoms. The summed E-state index contributed by atoms with van der Waals surface area (Å²) in [5.74, 6) is -6.96. The van der Waals surface area contributed by atoms with Crippen molar-refractivity contribution in [2.45, 2.75) is 24.7 Å². The fourth-order valence-corrected chi connectivity index (χ4v) is 0.511. The number of aliphatic hydroxyl groups excluding tert-OH is 3. The van der Waals surface area contributed by atoms with E-state index in [4.69, 9.17) is 25.5 Å². The summed E-state index contributed by atoms with van der Waals surface area (Å²) in [6, 6.07) is 0. The zero-order chi connectivity index (χ0) is 15.7. The van der Waals surface area contributed by atoms with Crippen LogP contribution in [0, 0.1) is 0 Å². The Kier molecular flexibility index (Phi) is 14.2. The summed E-state index contributed by atoms with van der Waals surface area (Å²) >= 11 is 0. The average Bonchev–Trinajstić information content (AvgIpc) is 2.26. The topological polar surface area (TPSA) is 216 Å². The maximum absolute atomic E-state index is 9.72. The van der Waals surface area contributed by atoms with Crippen molar-refractivity contribution in [2.75, 3.05) is 0 Å². The van der Waals surface area contributed by atoms with Gasteiger partial charge in [0, 0.05) is 0 Å². The number of carbonyl (C=O) groups excluding carboxylic acids is 2. The third kappa shape index (κ3) is 12.1. The maximum Gasteiger partial charge on any atom is 2.00 e. The minimum atomic E-state index is -2.44. The molecule has 3 unspecified atom stereocenters. The van der Waals surface area contributed by atoms with Gasteiger partial charge in [-0.05, 0) is 0 Å². The molecule has 0 saturated carbocycles. The maximum atomic E-state index is 9.72. The van der Waals surface area contributed by atoms with E-state index in [1.807, 2.05) is 0 Å². The predicted octanol–water partition coefficient (Wildman–Crippen LogP) is -6.27. The van der Waals surface area contributed by atoms with E-state index >= 15 is 0 Å². The molecule has 5 N–H and O–H groups in total. The molecule has 0 spiro atoms. The average molecular weight is 322 g/mol. The summed E-state index contributed by atoms with van der Waals surface area (Å²) in [4.78, 5) is 38.7. The second kappa shape index (κ2) is 11.8. The van der Waals surface area contributed by atoms with Crippen LogP contribution < -0.4 is 10.2 Å². The molecule has 0 bridgehead atoms. The molecule has 0 aromatic heterocycles. The Labute approximate surface area is 141 Å². The third-order valence-electron chi connectivity index (χ3n) is 1.44. The number of aliphatic carboxylic acids is 4. The second-order valence-corrected chi connectivity index (χ2v) is 2.98. The Hall–Kier alpha value is -0.980. The quantitative estimate of drug-likeness (QED) is 0.290. The van der Waals surface area contributed by atoms with Gasteiger partial charge in [0.25, 0.3) is 0 Å². The molecule has 110 valence electrons. The van der Waals surface area contributed by atoms with E-state index < -0.39 is 48.6 Å². The van der Waals surface area contributed by atoms with Crippen LogP contribution in [0.25, 0.3) is 0 Å². The van der Waals surface area contributed by atoms with Crippen molar-refractivity contribution in [3.63, 3.8) is 0 Å². The standard InChI is InChI=1S/C4H6O6.C4H6O5.Ca/c5-1(3(7)8)2(6)4(9)10;5-2(4(8)9)1-3(6)7;/h1-2,5-6H,(H,7,8)(H,9,10);2,5H,1H2,(H,6,7)(H,8,9);/q;;+2/p-2. The molecular formula is C8H10CaO11. The first-order valence-electron chi connectivity index (χ1n) is 4.41. The number of aliphatic hydroxyl groups is 3. The van der Waals surface area contributed by atoms with Crippen LogP contribution >= 0.6 is 0 Å². The Bertz CT molecular complexity index is 336. The molecule has 0 aromatic carbocycles. The van der Waals surface area contributed by atoms with Crippen LogP contribution in [0.5, 0.6) is 0 Å². The van der Waals surface area contributed by atoms with Gasteiger partial charge < -0.3 is 45.3 Å². The summed E-state index contributed by atoms with van der Waals surface area (Å²) in [6.07, 6.45) is -7.42. The largest absolute Gasteiger partial charge is 2.00 e. The number of carboxylic acid groups (broad SMARTS) is 4. The fraction of sp³-hybridized carbons (Fsp3) is 0.500. The first kappa shape index (κ1) is 24.1. The molecule has 0 aliphatic carbocycles. The zero-order valence-electron chi connectivity index (χ0n) is 9.83. The zero-order valence-corrected chi connectivity index (χ0v) is 12.0. The van der Waals surface area contributed by atoms with Gasteiger partial charge in [0.2, 0.25) is 0 Å². The first-order valence-corrected chi connectivity index (χ1v) is 4.41. The van der Waals surface area contributed by atoms with Crippen LogP contribution in [0.2, 0.25) is 0 Å². The molecule has 3 atom stereocenters. The Balaban J connectivity index is -0.000000277. The number of carbonyl (C=O) groups is 4. The summed E-state index contributed by atoms with van der Waals surface area (Å²) in [7, 11) is 0. The van der Waals surface area contributed by atoms with Crippen LogP contribution in [0.1, 0.15) is 6.42 Å². The molecule has 0 aliphatic rings. The predicted molar refractivity (Wildman–Crippen MR) is 53.7 cm³/mol. The molecule has 0 heterocycles. The minimum absolute atomic E-state index is 0. The van der Waals surface area contributed by atoms with Gasteiger partial charge in [0.1, 0.15) is 12.2 Å². The van der Waals surface area contributed by atoms with Crippen LogP contribution in [0.3, 0.4) is 0 Å². The molecule has 0 radical (unpaired) electrons. The van der Waals surface area contributed by atoms with Crippen LogP contribution in [0.15, 0.2) is 0 Å². The monoisotopic (exact) mass is 322 g/mol. The van der Waals surface area contributed by atoms with Crippen LogP contribution in [-0.2, 0) is 19.2 Å². The van der Waals surface area contributed by atoms with Crippen molar-refractivity contribution in [1.29, 1.82) is 0 Å². The number of rotatable bonds is 6. The van der Waals surface area contributed by atoms with E-state index in [2.05, 4.69) is 0 Å². The molecule has 0 amide bonds. The molecule has 12 heteroatoms. The smallest absolute Gasteiger partial charge is 0.547 e. The summed E-state index contributed by atoms with van der Waals surface area (Å²) in [6.45, 7) is 0. The van der Waals surface area contributed by atoms with Gasteiger partial charge in [-0.25, -0.2) is 4.79 Å². The molecule has 0 rings (SSSR count). The van der Waals surface area contributed by atoms with Gasteiger partial charge in [-0.15, -0.1) is 0 Å². The van der Waals surface area contributed by atoms with Gasteiger partial charge in [-0.2, -0.15) is 0 Å². The molecule has 0 aliphatic heterocycles. The number of hydrogen-bond donors (Lipinski definition) is 5. The van der Waals surface area contributed by atoms with E-state index in [0.717, 1.165) is 0 Å². The van der Waals surface area contributed by atoms with E-state index in [0.29, 0.717) is 0 Å². The summed E-state index contributed by atoms with van der Waals surface area (Å²) in [5.41, 5.74) is 0. The van der Waals surface area contributed by atoms with Crippen LogP contribution in [-0.4, -0.2) is 105 Å². The Morgan fingerprint density at radius 1 is 0.850 bits per heavy atom. The van der Waals surface area contributed by atoms with Gasteiger partial charge in [-0.1, -0.05) is 0 Å². The van der Waals surface area contributed by atoms with Crippen molar-refractivity contribution < 1.29 is 54.9 Å². The van der Waals surface area contributed by atoms with Gasteiger partial charge in [0.05, 0.1) is 18.4 Å². The third-order valence-corrected chi connectivity index (χ3v) is 1.44. The molecule has 0 fully saturated rings. The molecule has 0 saturated heterocycles. The Morgan fingerprint density at radius 3 is 1.25 bits per heavy atom. The number of hydrogen-bond acceptors (Lipinski definition) is 9. The van der Waals surface area contributed by atoms with Crippen molar-refractivity contribution in [3.8, 4) is 0 Å². The van der Waals surface area contributed by atoms with Gasteiger partial charge in [0.15, 0.2) is 6.10 Å². The van der Waals surface area contributed by atoms with Gasteiger partial charge >= 0.3 is 49.7 Å². The van der Waals surface area contributed by atoms with E-state index in [9.17, 15) is 29.4 Å². The van der Waals surface area contributed by atoms with Gasteiger partial charge in [-0.3, -0.25) is 4.79 Å². The second-order valence-electron chi connectivity index (χ2n) is 2.98. The van der Waals surface area contributed by atoms with E-state index in [1.54, 1.807) is 0 Å². The van der Waals surface area contributed by atoms with E-state index in [-0.39, 0.29) is 37.7 Å². The fourth-order valence-electron chi connectivity index (χ4n) is 0.511. The van der Waals surface area contributed by atoms with Crippen molar-refractivity contribution in [2.24, 2.45) is 0 Å². The normalized spacial score (nSPS) is 13.6. The van der Waals surface area contributed by atoms with Crippen molar-refractivity contribution in [3.05, 3.63) is 0 Å². The Morgan fingerprint density at radius 2 is 1.15 bits per heavy atom. The first-order chi connectivity index (χ1) is 8.50. The van der Waals surface area contributed by atoms with Crippen LogP contribution in [0.4, 0.5) is 0 Å².